The van der Waals surface area contributed by atoms with E-state index in [0.717, 1.165) is 6.20 Å². The normalized spacial score (nSPS) is 10.5. The molecule has 0 aromatic carbocycles. The maximum absolute atomic E-state index is 12.5. The lowest BCUT2D eigenvalue weighted by molar-refractivity contribution is 0.0597. The van der Waals surface area contributed by atoms with Crippen LogP contribution < -0.4 is 0 Å². The maximum Gasteiger partial charge on any atom is 0.341 e. The Morgan fingerprint density at radius 2 is 2.27 bits per heavy atom. The molecule has 1 aromatic rings. The number of halogens is 4. The van der Waals surface area contributed by atoms with Gasteiger partial charge in [0.25, 0.3) is 6.43 Å². The van der Waals surface area contributed by atoms with E-state index in [-0.39, 0.29) is 19.3 Å². The molecule has 0 aliphatic heterocycles. The molecule has 0 bridgehead atoms. The van der Waals surface area contributed by atoms with Gasteiger partial charge in [0.05, 0.1) is 12.7 Å². The third-order valence-electron chi connectivity index (χ3n) is 1.62. The van der Waals surface area contributed by atoms with Crippen LogP contribution in [0.2, 0.25) is 0 Å². The van der Waals surface area contributed by atoms with E-state index >= 15 is 0 Å². The largest absolute Gasteiger partial charge is 0.465 e. The molecule has 1 heterocycles. The molecule has 0 amide bonds. The van der Waals surface area contributed by atoms with E-state index in [1.165, 1.54) is 7.11 Å². The molecule has 0 spiro atoms. The van der Waals surface area contributed by atoms with Crippen molar-refractivity contribution in [3.63, 3.8) is 0 Å². The summed E-state index contributed by atoms with van der Waals surface area (Å²) in [5, 5.41) is 0. The second kappa shape index (κ2) is 5.15. The first-order chi connectivity index (χ1) is 6.99. The van der Waals surface area contributed by atoms with Crippen molar-refractivity contribution in [2.45, 2.75) is 6.43 Å². The quantitative estimate of drug-likeness (QED) is 0.441. The van der Waals surface area contributed by atoms with Crippen molar-refractivity contribution < 1.29 is 18.3 Å². The van der Waals surface area contributed by atoms with Crippen molar-refractivity contribution in [3.8, 4) is 0 Å². The first-order valence-electron chi connectivity index (χ1n) is 3.69. The summed E-state index contributed by atoms with van der Waals surface area (Å²) in [4.78, 5) is 14.9. The fourth-order valence-electron chi connectivity index (χ4n) is 0.910. The van der Waals surface area contributed by atoms with Crippen LogP contribution in [0.1, 0.15) is 22.3 Å². The molecule has 0 fully saturated rings. The fourth-order valence-corrected chi connectivity index (χ4v) is 2.59. The molecule has 1 rings (SSSR count). The summed E-state index contributed by atoms with van der Waals surface area (Å²) >= 11 is 4.68. The molecule has 0 aliphatic carbocycles. The van der Waals surface area contributed by atoms with Gasteiger partial charge < -0.3 is 4.74 Å². The van der Waals surface area contributed by atoms with E-state index in [2.05, 4.69) is 25.7 Å². The Morgan fingerprint density at radius 1 is 1.67 bits per heavy atom. The van der Waals surface area contributed by atoms with Crippen molar-refractivity contribution >= 4 is 44.5 Å². The second-order valence-electron chi connectivity index (χ2n) is 2.49. The van der Waals surface area contributed by atoms with Crippen LogP contribution in [0.15, 0.2) is 10.8 Å². The number of esters is 1. The topological polar surface area (TPSA) is 39.2 Å². The molecule has 0 saturated carbocycles. The number of rotatable bonds is 2. The summed E-state index contributed by atoms with van der Waals surface area (Å²) in [5.74, 6) is -0.693. The maximum atomic E-state index is 12.5. The van der Waals surface area contributed by atoms with Crippen molar-refractivity contribution in [3.05, 3.63) is 25.5 Å². The second-order valence-corrected chi connectivity index (χ2v) is 4.32. The number of carbonyl (C=O) groups is 1. The highest BCUT2D eigenvalue weighted by Gasteiger charge is 2.22. The molecule has 1 aromatic heterocycles. The van der Waals surface area contributed by atoms with Gasteiger partial charge in [-0.05, 0) is 38.5 Å². The summed E-state index contributed by atoms with van der Waals surface area (Å²) in [6.45, 7) is 0. The van der Waals surface area contributed by atoms with Gasteiger partial charge in [0, 0.05) is 9.77 Å². The van der Waals surface area contributed by atoms with Crippen molar-refractivity contribution in [2.75, 3.05) is 7.11 Å². The van der Waals surface area contributed by atoms with Crippen LogP contribution in [-0.4, -0.2) is 18.1 Å². The van der Waals surface area contributed by atoms with Gasteiger partial charge in [-0.25, -0.2) is 18.6 Å². The van der Waals surface area contributed by atoms with E-state index in [0.29, 0.717) is 0 Å². The molecule has 0 unspecified atom stereocenters. The van der Waals surface area contributed by atoms with E-state index in [1.807, 2.05) is 0 Å². The highest BCUT2D eigenvalue weighted by atomic mass is 127. The number of hydrogen-bond acceptors (Lipinski definition) is 3. The Bertz CT molecular complexity index is 400. The van der Waals surface area contributed by atoms with Crippen LogP contribution in [0.25, 0.3) is 0 Å². The standard InChI is InChI=1S/C8H5BrF2INO2/c1-15-8(14)4-5(12)3(7(10)11)2-13-6(4)9/h2,7H,1H3. The lowest BCUT2D eigenvalue weighted by Crippen LogP contribution is -2.09. The lowest BCUT2D eigenvalue weighted by Gasteiger charge is -2.08. The minimum absolute atomic E-state index is 0.0240. The van der Waals surface area contributed by atoms with Gasteiger partial charge in [-0.3, -0.25) is 0 Å². The number of carbonyl (C=O) groups excluding carboxylic acids is 1. The Hall–Kier alpha value is -0.310. The van der Waals surface area contributed by atoms with Crippen LogP contribution in [0.3, 0.4) is 0 Å². The number of methoxy groups -OCH3 is 1. The average Bonchev–Trinajstić information content (AvgIpc) is 2.16. The summed E-state index contributed by atoms with van der Waals surface area (Å²) in [7, 11) is 1.18. The smallest absolute Gasteiger partial charge is 0.341 e. The number of hydrogen-bond donors (Lipinski definition) is 0. The first-order valence-corrected chi connectivity index (χ1v) is 5.56. The van der Waals surface area contributed by atoms with Gasteiger partial charge in [-0.15, -0.1) is 0 Å². The molecule has 3 nitrogen and oxygen atoms in total. The molecule has 0 atom stereocenters. The predicted molar refractivity (Wildman–Crippen MR) is 61.0 cm³/mol. The van der Waals surface area contributed by atoms with Gasteiger partial charge in [-0.1, -0.05) is 0 Å². The van der Waals surface area contributed by atoms with E-state index < -0.39 is 12.4 Å². The fraction of sp³-hybridized carbons (Fsp3) is 0.250. The number of alkyl halides is 2. The van der Waals surface area contributed by atoms with Crippen molar-refractivity contribution in [1.29, 1.82) is 0 Å². The molecule has 7 heteroatoms. The van der Waals surface area contributed by atoms with Crippen LogP contribution in [0, 0.1) is 3.57 Å². The third kappa shape index (κ3) is 2.63. The summed E-state index contributed by atoms with van der Waals surface area (Å²) in [5.41, 5.74) is -0.255. The molecule has 0 N–H and O–H groups in total. The average molecular weight is 392 g/mol. The zero-order valence-electron chi connectivity index (χ0n) is 7.43. The number of nitrogens with zero attached hydrogens (tertiary/aromatic N) is 1. The molecule has 15 heavy (non-hydrogen) atoms. The predicted octanol–water partition coefficient (Wildman–Crippen LogP) is 3.17. The van der Waals surface area contributed by atoms with Crippen LogP contribution in [-0.2, 0) is 4.74 Å². The zero-order chi connectivity index (χ0) is 11.6. The van der Waals surface area contributed by atoms with Crippen LogP contribution >= 0.6 is 38.5 Å². The molecular weight excluding hydrogens is 387 g/mol. The zero-order valence-corrected chi connectivity index (χ0v) is 11.2. The molecule has 0 radical (unpaired) electrons. The van der Waals surface area contributed by atoms with Gasteiger partial charge in [0.1, 0.15) is 10.2 Å². The number of ether oxygens (including phenoxy) is 1. The monoisotopic (exact) mass is 391 g/mol. The minimum atomic E-state index is -2.67. The summed E-state index contributed by atoms with van der Waals surface area (Å²) in [6.07, 6.45) is -1.64. The minimum Gasteiger partial charge on any atom is -0.465 e. The van der Waals surface area contributed by atoms with Crippen LogP contribution in [0.4, 0.5) is 8.78 Å². The van der Waals surface area contributed by atoms with Gasteiger partial charge >= 0.3 is 5.97 Å². The highest BCUT2D eigenvalue weighted by Crippen LogP contribution is 2.30. The van der Waals surface area contributed by atoms with E-state index in [4.69, 9.17) is 0 Å². The van der Waals surface area contributed by atoms with E-state index in [1.54, 1.807) is 22.6 Å². The first kappa shape index (κ1) is 12.8. The highest BCUT2D eigenvalue weighted by molar-refractivity contribution is 14.1. The van der Waals surface area contributed by atoms with Gasteiger partial charge in [0.15, 0.2) is 0 Å². The molecule has 0 aliphatic rings. The number of pyridine rings is 1. The Balaban J connectivity index is 3.36. The Morgan fingerprint density at radius 3 is 2.73 bits per heavy atom. The Kier molecular flexibility index (Phi) is 4.38. The summed E-state index contributed by atoms with van der Waals surface area (Å²) < 4.78 is 29.8. The Labute approximate surface area is 106 Å². The molecular formula is C8H5BrF2INO2. The third-order valence-corrected chi connectivity index (χ3v) is 3.38. The van der Waals surface area contributed by atoms with Gasteiger partial charge in [-0.2, -0.15) is 0 Å². The van der Waals surface area contributed by atoms with Gasteiger partial charge in [0.2, 0.25) is 0 Å². The van der Waals surface area contributed by atoms with Crippen LogP contribution in [0.5, 0.6) is 0 Å². The molecule has 0 saturated heterocycles. The lowest BCUT2D eigenvalue weighted by atomic mass is 10.2. The molecule has 82 valence electrons. The SMILES string of the molecule is COC(=O)c1c(Br)ncc(C(F)F)c1I. The number of aromatic nitrogens is 1. The van der Waals surface area contributed by atoms with Crippen molar-refractivity contribution in [1.82, 2.24) is 4.98 Å². The summed E-state index contributed by atoms with van der Waals surface area (Å²) in [6, 6.07) is 0. The van der Waals surface area contributed by atoms with E-state index in [9.17, 15) is 13.6 Å². The van der Waals surface area contributed by atoms with Crippen molar-refractivity contribution in [2.24, 2.45) is 0 Å².